The summed E-state index contributed by atoms with van der Waals surface area (Å²) in [6.45, 7) is 2.72. The second-order valence-electron chi connectivity index (χ2n) is 15.6. The molecule has 2 aromatic carbocycles. The molecule has 2 bridgehead atoms. The van der Waals surface area contributed by atoms with E-state index in [0.29, 0.717) is 40.8 Å². The number of allylic oxidation sites excluding steroid dienone is 3. The van der Waals surface area contributed by atoms with Gasteiger partial charge in [-0.05, 0) is 80.9 Å². The Morgan fingerprint density at radius 1 is 1.00 bits per heavy atom. The third-order valence-electron chi connectivity index (χ3n) is 12.4. The fourth-order valence-electron chi connectivity index (χ4n) is 9.66. The lowest BCUT2D eigenvalue weighted by Crippen LogP contribution is -2.69. The van der Waals surface area contributed by atoms with Crippen LogP contribution in [0.5, 0.6) is 0 Å². The van der Waals surface area contributed by atoms with Crippen molar-refractivity contribution < 1.29 is 27.6 Å². The SMILES string of the molecule is Cn1c(=O)n(C2CCC(=O)NC2=O)c2cccc(N3CC4CC(C3)N4CC3CCC(n4cc5cc(N6C(C(F)(F)F)=CC=CC6C(N)=O)ccc5n4)CC3)c21. The minimum absolute atomic E-state index is 0.181. The van der Waals surface area contributed by atoms with Gasteiger partial charge in [0.2, 0.25) is 17.7 Å². The van der Waals surface area contributed by atoms with Gasteiger partial charge in [-0.1, -0.05) is 18.2 Å². The van der Waals surface area contributed by atoms with Crippen molar-refractivity contribution in [2.75, 3.05) is 29.4 Å². The largest absolute Gasteiger partial charge is 0.431 e. The number of benzene rings is 2. The monoisotopic (exact) mass is 757 g/mol. The van der Waals surface area contributed by atoms with E-state index in [4.69, 9.17) is 10.8 Å². The molecule has 2 aromatic heterocycles. The zero-order valence-corrected chi connectivity index (χ0v) is 30.3. The number of primary amides is 1. The van der Waals surface area contributed by atoms with Gasteiger partial charge in [0.05, 0.1) is 28.3 Å². The number of anilines is 2. The third kappa shape index (κ3) is 6.01. The Bertz CT molecular complexity index is 2340. The van der Waals surface area contributed by atoms with Gasteiger partial charge in [0.25, 0.3) is 0 Å². The number of imide groups is 1. The quantitative estimate of drug-likeness (QED) is 0.269. The number of hydrogen-bond donors (Lipinski definition) is 2. The van der Waals surface area contributed by atoms with Crippen LogP contribution in [0.25, 0.3) is 21.9 Å². The third-order valence-corrected chi connectivity index (χ3v) is 12.4. The van der Waals surface area contributed by atoms with Crippen molar-refractivity contribution in [1.82, 2.24) is 29.1 Å². The van der Waals surface area contributed by atoms with Gasteiger partial charge >= 0.3 is 11.9 Å². The van der Waals surface area contributed by atoms with Crippen molar-refractivity contribution in [3.8, 4) is 0 Å². The summed E-state index contributed by atoms with van der Waals surface area (Å²) in [4.78, 5) is 56.1. The predicted octanol–water partition coefficient (Wildman–Crippen LogP) is 4.04. The minimum atomic E-state index is -4.67. The van der Waals surface area contributed by atoms with Crippen LogP contribution in [0.2, 0.25) is 0 Å². The zero-order valence-electron chi connectivity index (χ0n) is 30.3. The Morgan fingerprint density at radius 3 is 2.47 bits per heavy atom. The van der Waals surface area contributed by atoms with Gasteiger partial charge in [-0.25, -0.2) is 4.79 Å². The maximum Gasteiger partial charge on any atom is 0.431 e. The number of carbonyl (C=O) groups is 3. The van der Waals surface area contributed by atoms with E-state index < -0.39 is 35.8 Å². The maximum atomic E-state index is 14.0. The number of aromatic nitrogens is 4. The molecule has 4 saturated heterocycles. The van der Waals surface area contributed by atoms with Crippen LogP contribution in [0.3, 0.4) is 0 Å². The molecule has 55 heavy (non-hydrogen) atoms. The Kier molecular flexibility index (Phi) is 8.44. The number of hydrogen-bond acceptors (Lipinski definition) is 8. The van der Waals surface area contributed by atoms with Crippen LogP contribution in [0.15, 0.2) is 71.3 Å². The molecule has 1 aliphatic carbocycles. The second kappa shape index (κ2) is 13.1. The van der Waals surface area contributed by atoms with E-state index in [2.05, 4.69) is 15.1 Å². The van der Waals surface area contributed by atoms with E-state index in [1.54, 1.807) is 29.8 Å². The number of para-hydroxylation sites is 1. The fraction of sp³-hybridized carbons (Fsp3) is 0.462. The van der Waals surface area contributed by atoms with Crippen LogP contribution in [0, 0.1) is 5.92 Å². The average molecular weight is 758 g/mol. The van der Waals surface area contributed by atoms with Crippen molar-refractivity contribution in [3.05, 3.63) is 77.0 Å². The van der Waals surface area contributed by atoms with Crippen LogP contribution in [0.4, 0.5) is 24.5 Å². The van der Waals surface area contributed by atoms with E-state index >= 15 is 0 Å². The number of rotatable bonds is 7. The first-order valence-corrected chi connectivity index (χ1v) is 18.9. The summed E-state index contributed by atoms with van der Waals surface area (Å²) < 4.78 is 47.0. The van der Waals surface area contributed by atoms with Crippen molar-refractivity contribution in [2.45, 2.75) is 81.3 Å². The summed E-state index contributed by atoms with van der Waals surface area (Å²) in [5.41, 5.74) is 7.66. The molecule has 13 nitrogen and oxygen atoms in total. The Balaban J connectivity index is 0.847. The number of aryl methyl sites for hydroxylation is 1. The molecule has 6 aliphatic rings. The molecule has 4 aromatic rings. The maximum absolute atomic E-state index is 14.0. The van der Waals surface area contributed by atoms with Crippen molar-refractivity contribution in [2.24, 2.45) is 18.7 Å². The molecule has 288 valence electrons. The number of amides is 3. The summed E-state index contributed by atoms with van der Waals surface area (Å²) in [6.07, 6.45) is 6.35. The van der Waals surface area contributed by atoms with Crippen LogP contribution in [-0.4, -0.2) is 85.5 Å². The standard InChI is InChI=1S/C39H42F3N9O4/c1-46-35-29(4-2-5-30(35)51(38(46)55)32-14-15-34(52)44-37(32)54)47-20-26-17-27(21-47)48(26)18-22-8-10-24(11-9-22)49-19-23-16-25(12-13-28(23)45-49)50-31(36(43)53)6-3-7-33(50)39(40,41)42/h2-7,12-13,16,19,22,24,26-27,31-32H,8-11,14-15,17-18,20-21H2,1H3,(H2,43,53)(H,44,52,54). The summed E-state index contributed by atoms with van der Waals surface area (Å²) in [5.74, 6) is -1.09. The lowest BCUT2D eigenvalue weighted by atomic mass is 9.81. The summed E-state index contributed by atoms with van der Waals surface area (Å²) in [5, 5.41) is 7.87. The van der Waals surface area contributed by atoms with Crippen LogP contribution >= 0.6 is 0 Å². The van der Waals surface area contributed by atoms with Gasteiger partial charge in [0.15, 0.2) is 0 Å². The molecular formula is C39H42F3N9O4. The topological polar surface area (TPSA) is 144 Å². The van der Waals surface area contributed by atoms with Gasteiger partial charge in [-0.3, -0.25) is 38.4 Å². The number of piperazine rings is 1. The Labute approximate surface area is 313 Å². The highest BCUT2D eigenvalue weighted by atomic mass is 19.4. The van der Waals surface area contributed by atoms with Crippen LogP contribution in [0.1, 0.15) is 57.0 Å². The molecule has 4 unspecified atom stereocenters. The average Bonchev–Trinajstić information content (AvgIpc) is 3.71. The number of imidazole rings is 1. The lowest BCUT2D eigenvalue weighted by Gasteiger charge is -2.58. The van der Waals surface area contributed by atoms with Gasteiger partial charge in [-0.15, -0.1) is 0 Å². The normalized spacial score (nSPS) is 27.4. The Hall–Kier alpha value is -5.38. The second-order valence-corrected chi connectivity index (χ2v) is 15.6. The van der Waals surface area contributed by atoms with Crippen molar-refractivity contribution in [3.63, 3.8) is 0 Å². The first-order valence-electron chi connectivity index (χ1n) is 18.9. The van der Waals surface area contributed by atoms with E-state index in [9.17, 15) is 32.3 Å². The zero-order chi connectivity index (χ0) is 38.3. The molecule has 0 spiro atoms. The van der Waals surface area contributed by atoms with Gasteiger partial charge in [0.1, 0.15) is 17.8 Å². The van der Waals surface area contributed by atoms with Gasteiger partial charge in [0, 0.05) is 62.5 Å². The van der Waals surface area contributed by atoms with Crippen molar-refractivity contribution in [1.29, 1.82) is 0 Å². The van der Waals surface area contributed by atoms with E-state index in [1.165, 1.54) is 16.7 Å². The van der Waals surface area contributed by atoms with Crippen molar-refractivity contribution >= 4 is 51.0 Å². The molecule has 1 saturated carbocycles. The smallest absolute Gasteiger partial charge is 0.368 e. The molecule has 0 radical (unpaired) electrons. The number of nitrogens with one attached hydrogen (secondary N) is 1. The number of piperidine rings is 2. The number of halogens is 3. The molecule has 3 N–H and O–H groups in total. The number of fused-ring (bicyclic) bond motifs is 4. The molecule has 4 atom stereocenters. The minimum Gasteiger partial charge on any atom is -0.368 e. The number of nitrogens with two attached hydrogens (primary N) is 1. The number of nitrogens with zero attached hydrogens (tertiary/aromatic N) is 7. The van der Waals surface area contributed by atoms with E-state index in [0.717, 1.165) is 73.9 Å². The van der Waals surface area contributed by atoms with E-state index in [-0.39, 0.29) is 29.7 Å². The number of alkyl halides is 3. The number of carbonyl (C=O) groups excluding carboxylic acids is 3. The Morgan fingerprint density at radius 2 is 1.76 bits per heavy atom. The molecule has 5 aliphatic heterocycles. The van der Waals surface area contributed by atoms with Gasteiger partial charge in [-0.2, -0.15) is 18.3 Å². The molecule has 5 fully saturated rings. The highest BCUT2D eigenvalue weighted by molar-refractivity contribution is 6.00. The molecular weight excluding hydrogens is 715 g/mol. The summed E-state index contributed by atoms with van der Waals surface area (Å²) in [7, 11) is 1.74. The van der Waals surface area contributed by atoms with Gasteiger partial charge < -0.3 is 15.5 Å². The predicted molar refractivity (Wildman–Crippen MR) is 199 cm³/mol. The first-order chi connectivity index (χ1) is 26.4. The molecule has 10 rings (SSSR count). The summed E-state index contributed by atoms with van der Waals surface area (Å²) >= 11 is 0. The van der Waals surface area contributed by atoms with Crippen LogP contribution in [-0.2, 0) is 21.4 Å². The van der Waals surface area contributed by atoms with E-state index in [1.807, 2.05) is 29.1 Å². The molecule has 3 amide bonds. The lowest BCUT2D eigenvalue weighted by molar-refractivity contribution is -0.135. The molecule has 16 heteroatoms. The summed E-state index contributed by atoms with van der Waals surface area (Å²) in [6, 6.07) is 9.74. The van der Waals surface area contributed by atoms with Crippen LogP contribution < -0.4 is 26.5 Å². The highest BCUT2D eigenvalue weighted by Gasteiger charge is 2.46. The highest BCUT2D eigenvalue weighted by Crippen LogP contribution is 2.42. The molecule has 7 heterocycles. The first kappa shape index (κ1) is 35.3. The fourth-order valence-corrected chi connectivity index (χ4v) is 9.66.